The minimum Gasteiger partial charge on any atom is -0.493 e. The summed E-state index contributed by atoms with van der Waals surface area (Å²) in [7, 11) is 0. The molecule has 0 fully saturated rings. The fourth-order valence-electron chi connectivity index (χ4n) is 3.22. The van der Waals surface area contributed by atoms with Crippen molar-refractivity contribution in [2.24, 2.45) is 0 Å². The Kier molecular flexibility index (Phi) is 3.66. The van der Waals surface area contributed by atoms with Gasteiger partial charge in [0, 0.05) is 0 Å². The van der Waals surface area contributed by atoms with Crippen LogP contribution in [-0.2, 0) is 17.6 Å². The predicted octanol–water partition coefficient (Wildman–Crippen LogP) is 2.98. The molecule has 0 aromatic heterocycles. The average molecular weight is 309 g/mol. The number of rotatable bonds is 2. The van der Waals surface area contributed by atoms with Crippen molar-refractivity contribution in [1.29, 1.82) is 0 Å². The molecule has 118 valence electrons. The second-order valence-corrected chi connectivity index (χ2v) is 5.93. The zero-order valence-corrected chi connectivity index (χ0v) is 13.0. The third-order valence-electron chi connectivity index (χ3n) is 4.36. The Hall–Kier alpha value is -2.49. The summed E-state index contributed by atoms with van der Waals surface area (Å²) < 4.78 is 11.3. The van der Waals surface area contributed by atoms with Crippen molar-refractivity contribution in [2.75, 3.05) is 24.7 Å². The van der Waals surface area contributed by atoms with Gasteiger partial charge in [-0.25, -0.2) is 0 Å². The molecule has 0 N–H and O–H groups in total. The van der Waals surface area contributed by atoms with E-state index in [2.05, 4.69) is 6.07 Å². The Labute approximate surface area is 135 Å². The van der Waals surface area contributed by atoms with Gasteiger partial charge in [0.2, 0.25) is 5.91 Å². The SMILES string of the molecule is O=C(Cc1ccc2c(c1)CCCO2)N1CCOc2ccccc21. The smallest absolute Gasteiger partial charge is 0.231 e. The number of hydrogen-bond donors (Lipinski definition) is 0. The van der Waals surface area contributed by atoms with Gasteiger partial charge in [0.05, 0.1) is 25.3 Å². The largest absolute Gasteiger partial charge is 0.493 e. The summed E-state index contributed by atoms with van der Waals surface area (Å²) >= 11 is 0. The zero-order valence-electron chi connectivity index (χ0n) is 13.0. The molecular formula is C19H19NO3. The van der Waals surface area contributed by atoms with Crippen LogP contribution in [0.25, 0.3) is 0 Å². The van der Waals surface area contributed by atoms with Crippen molar-refractivity contribution in [3.05, 3.63) is 53.6 Å². The lowest BCUT2D eigenvalue weighted by Gasteiger charge is -2.29. The summed E-state index contributed by atoms with van der Waals surface area (Å²) in [4.78, 5) is 14.6. The molecule has 0 radical (unpaired) electrons. The highest BCUT2D eigenvalue weighted by Gasteiger charge is 2.23. The van der Waals surface area contributed by atoms with E-state index in [0.29, 0.717) is 19.6 Å². The Morgan fingerprint density at radius 3 is 2.87 bits per heavy atom. The van der Waals surface area contributed by atoms with Gasteiger partial charge < -0.3 is 14.4 Å². The van der Waals surface area contributed by atoms with Gasteiger partial charge in [-0.05, 0) is 42.2 Å². The van der Waals surface area contributed by atoms with E-state index in [4.69, 9.17) is 9.47 Å². The maximum absolute atomic E-state index is 12.7. The number of amides is 1. The molecule has 0 saturated carbocycles. The number of carbonyl (C=O) groups excluding carboxylic acids is 1. The van der Waals surface area contributed by atoms with Gasteiger partial charge in [0.1, 0.15) is 18.1 Å². The highest BCUT2D eigenvalue weighted by atomic mass is 16.5. The normalized spacial score (nSPS) is 15.9. The van der Waals surface area contributed by atoms with Crippen LogP contribution in [0.2, 0.25) is 0 Å². The summed E-state index contributed by atoms with van der Waals surface area (Å²) in [6.45, 7) is 1.93. The standard InChI is InChI=1S/C19H19NO3/c21-19(20-9-11-23-18-6-2-1-5-16(18)20)13-14-7-8-17-15(12-14)4-3-10-22-17/h1-2,5-8,12H,3-4,9-11,13H2. The van der Waals surface area contributed by atoms with Crippen LogP contribution >= 0.6 is 0 Å². The molecule has 2 heterocycles. The van der Waals surface area contributed by atoms with E-state index in [-0.39, 0.29) is 5.91 Å². The number of carbonyl (C=O) groups is 1. The van der Waals surface area contributed by atoms with Gasteiger partial charge in [-0.1, -0.05) is 24.3 Å². The van der Waals surface area contributed by atoms with Crippen molar-refractivity contribution in [1.82, 2.24) is 0 Å². The van der Waals surface area contributed by atoms with E-state index in [1.807, 2.05) is 41.3 Å². The molecule has 23 heavy (non-hydrogen) atoms. The summed E-state index contributed by atoms with van der Waals surface area (Å²) in [6.07, 6.45) is 2.47. The molecule has 2 aromatic carbocycles. The third-order valence-corrected chi connectivity index (χ3v) is 4.36. The Morgan fingerprint density at radius 2 is 1.91 bits per heavy atom. The number of para-hydroxylation sites is 2. The van der Waals surface area contributed by atoms with Crippen LogP contribution in [0, 0.1) is 0 Å². The Balaban J connectivity index is 1.55. The first-order chi connectivity index (χ1) is 11.3. The van der Waals surface area contributed by atoms with Gasteiger partial charge in [0.25, 0.3) is 0 Å². The van der Waals surface area contributed by atoms with Crippen LogP contribution in [0.4, 0.5) is 5.69 Å². The summed E-state index contributed by atoms with van der Waals surface area (Å²) in [5, 5.41) is 0. The molecule has 1 amide bonds. The second kappa shape index (κ2) is 5.95. The number of nitrogens with zero attached hydrogens (tertiary/aromatic N) is 1. The number of ether oxygens (including phenoxy) is 2. The molecule has 0 aliphatic carbocycles. The molecule has 0 saturated heterocycles. The number of aryl methyl sites for hydroxylation is 1. The number of hydrogen-bond acceptors (Lipinski definition) is 3. The lowest BCUT2D eigenvalue weighted by Crippen LogP contribution is -2.38. The highest BCUT2D eigenvalue weighted by molar-refractivity contribution is 5.96. The van der Waals surface area contributed by atoms with E-state index in [9.17, 15) is 4.79 Å². The number of benzene rings is 2. The molecular weight excluding hydrogens is 290 g/mol. The topological polar surface area (TPSA) is 38.8 Å². The van der Waals surface area contributed by atoms with Crippen LogP contribution < -0.4 is 14.4 Å². The summed E-state index contributed by atoms with van der Waals surface area (Å²) in [5.74, 6) is 1.85. The predicted molar refractivity (Wildman–Crippen MR) is 88.3 cm³/mol. The first-order valence-electron chi connectivity index (χ1n) is 8.08. The molecule has 2 aliphatic rings. The van der Waals surface area contributed by atoms with Crippen LogP contribution in [-0.4, -0.2) is 25.7 Å². The van der Waals surface area contributed by atoms with Crippen molar-refractivity contribution < 1.29 is 14.3 Å². The van der Waals surface area contributed by atoms with E-state index >= 15 is 0 Å². The monoisotopic (exact) mass is 309 g/mol. The fraction of sp³-hybridized carbons (Fsp3) is 0.316. The maximum atomic E-state index is 12.7. The molecule has 0 bridgehead atoms. The van der Waals surface area contributed by atoms with Gasteiger partial charge in [0.15, 0.2) is 0 Å². The van der Waals surface area contributed by atoms with Gasteiger partial charge in [-0.2, -0.15) is 0 Å². The van der Waals surface area contributed by atoms with E-state index in [1.54, 1.807) is 0 Å². The molecule has 2 aliphatic heterocycles. The lowest BCUT2D eigenvalue weighted by molar-refractivity contribution is -0.118. The van der Waals surface area contributed by atoms with E-state index < -0.39 is 0 Å². The Morgan fingerprint density at radius 1 is 1.04 bits per heavy atom. The van der Waals surface area contributed by atoms with Crippen molar-refractivity contribution >= 4 is 11.6 Å². The highest BCUT2D eigenvalue weighted by Crippen LogP contribution is 2.32. The molecule has 0 unspecified atom stereocenters. The third kappa shape index (κ3) is 2.77. The quantitative estimate of drug-likeness (QED) is 0.856. The van der Waals surface area contributed by atoms with Gasteiger partial charge >= 0.3 is 0 Å². The lowest BCUT2D eigenvalue weighted by atomic mass is 10.0. The van der Waals surface area contributed by atoms with Crippen LogP contribution in [0.3, 0.4) is 0 Å². The van der Waals surface area contributed by atoms with Crippen LogP contribution in [0.5, 0.6) is 11.5 Å². The van der Waals surface area contributed by atoms with Gasteiger partial charge in [-0.3, -0.25) is 4.79 Å². The fourth-order valence-corrected chi connectivity index (χ4v) is 3.22. The molecule has 4 nitrogen and oxygen atoms in total. The second-order valence-electron chi connectivity index (χ2n) is 5.93. The van der Waals surface area contributed by atoms with Crippen LogP contribution in [0.15, 0.2) is 42.5 Å². The molecule has 4 heteroatoms. The van der Waals surface area contributed by atoms with Crippen molar-refractivity contribution in [3.63, 3.8) is 0 Å². The molecule has 4 rings (SSSR count). The van der Waals surface area contributed by atoms with E-state index in [0.717, 1.165) is 42.2 Å². The molecule has 0 atom stereocenters. The van der Waals surface area contributed by atoms with Crippen molar-refractivity contribution in [2.45, 2.75) is 19.3 Å². The van der Waals surface area contributed by atoms with Crippen LogP contribution in [0.1, 0.15) is 17.5 Å². The minimum atomic E-state index is 0.109. The van der Waals surface area contributed by atoms with Gasteiger partial charge in [-0.15, -0.1) is 0 Å². The summed E-state index contributed by atoms with van der Waals surface area (Å²) in [5.41, 5.74) is 3.12. The number of fused-ring (bicyclic) bond motifs is 2. The maximum Gasteiger partial charge on any atom is 0.231 e. The average Bonchev–Trinajstić information content (AvgIpc) is 2.61. The number of anilines is 1. The Bertz CT molecular complexity index is 741. The zero-order chi connectivity index (χ0) is 15.6. The molecule has 2 aromatic rings. The molecule has 0 spiro atoms. The first-order valence-corrected chi connectivity index (χ1v) is 8.08. The van der Waals surface area contributed by atoms with Crippen molar-refractivity contribution in [3.8, 4) is 11.5 Å². The van der Waals surface area contributed by atoms with E-state index in [1.165, 1.54) is 5.56 Å². The minimum absolute atomic E-state index is 0.109. The first kappa shape index (κ1) is 14.1. The summed E-state index contributed by atoms with van der Waals surface area (Å²) in [6, 6.07) is 13.8.